The Hall–Kier alpha value is -2.18. The number of carbonyl (C=O) groups excluding carboxylic acids is 2. The fourth-order valence-corrected chi connectivity index (χ4v) is 6.76. The second kappa shape index (κ2) is 11.3. The maximum absolute atomic E-state index is 14.0. The molecule has 1 aliphatic heterocycles. The van der Waals surface area contributed by atoms with Gasteiger partial charge in [0, 0.05) is 11.3 Å². The van der Waals surface area contributed by atoms with E-state index in [9.17, 15) is 24.9 Å². The third-order valence-electron chi connectivity index (χ3n) is 8.60. The molecule has 1 heterocycles. The molecule has 35 heavy (non-hydrogen) atoms. The van der Waals surface area contributed by atoms with Gasteiger partial charge in [0.15, 0.2) is 5.78 Å². The molecule has 9 unspecified atom stereocenters. The molecule has 1 saturated carbocycles. The summed E-state index contributed by atoms with van der Waals surface area (Å²) < 4.78 is 0. The molecule has 2 aliphatic carbocycles. The standard InChI is InChI=1S/C29H43NO5/c1-6-23(32)18(3)9-7-8-10-22(31)15-21-12-11-20-14-17(2)13-19(4)26(20)29(21,5)27(34)25-24(33)16-30-28(25)35/h7-12,17-23,26,31-33H,6,13-16H2,1-5H3,(H,30,35)/b9-7+,10-8+. The van der Waals surface area contributed by atoms with Crippen molar-refractivity contribution in [1.82, 2.24) is 5.32 Å². The average Bonchev–Trinajstić information content (AvgIpc) is 3.14. The molecule has 1 fully saturated rings. The number of rotatable bonds is 9. The van der Waals surface area contributed by atoms with Gasteiger partial charge in [-0.1, -0.05) is 71.1 Å². The number of hydrogen-bond acceptors (Lipinski definition) is 5. The normalized spacial score (nSPS) is 35.9. The van der Waals surface area contributed by atoms with Gasteiger partial charge in [-0.2, -0.15) is 0 Å². The minimum Gasteiger partial charge on any atom is -0.509 e. The molecule has 9 atom stereocenters. The van der Waals surface area contributed by atoms with Crippen molar-refractivity contribution >= 4 is 11.7 Å². The summed E-state index contributed by atoms with van der Waals surface area (Å²) in [6, 6.07) is 0. The highest BCUT2D eigenvalue weighted by atomic mass is 16.3. The molecule has 1 amide bonds. The molecule has 0 radical (unpaired) electrons. The van der Waals surface area contributed by atoms with Gasteiger partial charge in [-0.15, -0.1) is 0 Å². The van der Waals surface area contributed by atoms with Crippen LogP contribution in [0.2, 0.25) is 0 Å². The lowest BCUT2D eigenvalue weighted by Crippen LogP contribution is -2.53. The molecule has 0 aromatic rings. The van der Waals surface area contributed by atoms with E-state index in [1.165, 1.54) is 0 Å². The average molecular weight is 486 g/mol. The van der Waals surface area contributed by atoms with Gasteiger partial charge >= 0.3 is 0 Å². The van der Waals surface area contributed by atoms with Gasteiger partial charge in [0.25, 0.3) is 5.91 Å². The van der Waals surface area contributed by atoms with E-state index < -0.39 is 23.5 Å². The van der Waals surface area contributed by atoms with Crippen molar-refractivity contribution in [3.05, 3.63) is 47.8 Å². The van der Waals surface area contributed by atoms with Crippen LogP contribution in [0, 0.1) is 40.9 Å². The fourth-order valence-electron chi connectivity index (χ4n) is 6.76. The second-order valence-electron chi connectivity index (χ2n) is 11.3. The Labute approximate surface area is 209 Å². The van der Waals surface area contributed by atoms with E-state index in [2.05, 4.69) is 31.3 Å². The number of ketones is 1. The highest BCUT2D eigenvalue weighted by Crippen LogP contribution is 2.56. The first kappa shape index (κ1) is 27.4. The summed E-state index contributed by atoms with van der Waals surface area (Å²) in [7, 11) is 0. The molecule has 0 aromatic carbocycles. The summed E-state index contributed by atoms with van der Waals surface area (Å²) in [4.78, 5) is 26.5. The molecule has 6 heteroatoms. The first-order chi connectivity index (χ1) is 16.5. The topological polar surface area (TPSA) is 107 Å². The summed E-state index contributed by atoms with van der Waals surface area (Å²) in [6.07, 6.45) is 13.4. The van der Waals surface area contributed by atoms with Crippen molar-refractivity contribution in [3.63, 3.8) is 0 Å². The molecule has 6 nitrogen and oxygen atoms in total. The Bertz CT molecular complexity index is 918. The minimum atomic E-state index is -0.908. The first-order valence-corrected chi connectivity index (χ1v) is 13.1. The molecule has 0 saturated heterocycles. The van der Waals surface area contributed by atoms with Crippen molar-refractivity contribution in [1.29, 1.82) is 0 Å². The molecule has 0 spiro atoms. The van der Waals surface area contributed by atoms with Gasteiger partial charge in [-0.25, -0.2) is 0 Å². The lowest BCUT2D eigenvalue weighted by molar-refractivity contribution is -0.138. The highest BCUT2D eigenvalue weighted by Gasteiger charge is 2.56. The number of aliphatic hydroxyl groups is 3. The fraction of sp³-hybridized carbons (Fsp3) is 0.655. The number of Topliss-reactive ketones (excluding diaryl/α,β-unsaturated/α-hetero) is 1. The lowest BCUT2D eigenvalue weighted by Gasteiger charge is -2.53. The maximum Gasteiger partial charge on any atom is 0.258 e. The number of nitrogens with one attached hydrogen (secondary N) is 1. The third kappa shape index (κ3) is 5.64. The van der Waals surface area contributed by atoms with Gasteiger partial charge in [-0.3, -0.25) is 9.59 Å². The minimum absolute atomic E-state index is 0.0139. The van der Waals surface area contributed by atoms with E-state index >= 15 is 0 Å². The monoisotopic (exact) mass is 485 g/mol. The molecular formula is C29H43NO5. The molecule has 4 N–H and O–H groups in total. The van der Waals surface area contributed by atoms with Crippen LogP contribution in [0.5, 0.6) is 0 Å². The SMILES string of the molecule is CCC(O)C(C)/C=C/C=C/C(O)CC1C=CC2CC(C)CC(C)C2C1(C)C(=O)C1=C(O)CNC1=O. The van der Waals surface area contributed by atoms with Crippen LogP contribution < -0.4 is 5.32 Å². The molecule has 0 bridgehead atoms. The molecule has 194 valence electrons. The van der Waals surface area contributed by atoms with Crippen LogP contribution in [-0.4, -0.2) is 45.8 Å². The van der Waals surface area contributed by atoms with Crippen molar-refractivity contribution in [2.75, 3.05) is 6.54 Å². The zero-order valence-electron chi connectivity index (χ0n) is 21.8. The Kier molecular flexibility index (Phi) is 8.81. The zero-order valence-corrected chi connectivity index (χ0v) is 21.8. The van der Waals surface area contributed by atoms with Crippen molar-refractivity contribution in [3.8, 4) is 0 Å². The molecule has 0 aromatic heterocycles. The van der Waals surface area contributed by atoms with Crippen molar-refractivity contribution in [2.24, 2.45) is 40.9 Å². The van der Waals surface area contributed by atoms with E-state index in [4.69, 9.17) is 0 Å². The Morgan fingerprint density at radius 1 is 1.20 bits per heavy atom. The van der Waals surface area contributed by atoms with E-state index in [1.807, 2.05) is 32.9 Å². The maximum atomic E-state index is 14.0. The van der Waals surface area contributed by atoms with E-state index in [0.717, 1.165) is 12.8 Å². The predicted molar refractivity (Wildman–Crippen MR) is 137 cm³/mol. The van der Waals surface area contributed by atoms with Crippen LogP contribution in [0.3, 0.4) is 0 Å². The quantitative estimate of drug-likeness (QED) is 0.222. The summed E-state index contributed by atoms with van der Waals surface area (Å²) in [6.45, 7) is 10.2. The first-order valence-electron chi connectivity index (χ1n) is 13.1. The van der Waals surface area contributed by atoms with Crippen molar-refractivity contribution < 1.29 is 24.9 Å². The Morgan fingerprint density at radius 3 is 2.51 bits per heavy atom. The van der Waals surface area contributed by atoms with Crippen LogP contribution in [0.15, 0.2) is 47.8 Å². The predicted octanol–water partition coefficient (Wildman–Crippen LogP) is 4.26. The van der Waals surface area contributed by atoms with Crippen LogP contribution in [-0.2, 0) is 9.59 Å². The van der Waals surface area contributed by atoms with E-state index in [0.29, 0.717) is 18.8 Å². The zero-order chi connectivity index (χ0) is 25.9. The van der Waals surface area contributed by atoms with Gasteiger partial charge in [0.05, 0.1) is 18.8 Å². The summed E-state index contributed by atoms with van der Waals surface area (Å²) in [5.41, 5.74) is -1.03. The Balaban J connectivity index is 1.87. The van der Waals surface area contributed by atoms with Gasteiger partial charge in [-0.05, 0) is 55.3 Å². The molecular weight excluding hydrogens is 442 g/mol. The molecule has 3 aliphatic rings. The smallest absolute Gasteiger partial charge is 0.258 e. The largest absolute Gasteiger partial charge is 0.509 e. The summed E-state index contributed by atoms with van der Waals surface area (Å²) in [5.74, 6) is -0.159. The Morgan fingerprint density at radius 2 is 1.89 bits per heavy atom. The number of fused-ring (bicyclic) bond motifs is 1. The van der Waals surface area contributed by atoms with Crippen LogP contribution in [0.25, 0.3) is 0 Å². The van der Waals surface area contributed by atoms with Gasteiger partial charge in [0.2, 0.25) is 0 Å². The summed E-state index contributed by atoms with van der Waals surface area (Å²) >= 11 is 0. The van der Waals surface area contributed by atoms with Crippen molar-refractivity contribution in [2.45, 2.75) is 72.5 Å². The van der Waals surface area contributed by atoms with Crippen LogP contribution in [0.4, 0.5) is 0 Å². The highest BCUT2D eigenvalue weighted by molar-refractivity contribution is 6.23. The lowest BCUT2D eigenvalue weighted by atomic mass is 9.49. The number of amides is 1. The van der Waals surface area contributed by atoms with Gasteiger partial charge < -0.3 is 20.6 Å². The number of allylic oxidation sites excluding steroid dienone is 4. The van der Waals surface area contributed by atoms with Crippen LogP contribution >= 0.6 is 0 Å². The van der Waals surface area contributed by atoms with E-state index in [1.54, 1.807) is 12.2 Å². The van der Waals surface area contributed by atoms with E-state index in [-0.39, 0.29) is 53.2 Å². The summed E-state index contributed by atoms with van der Waals surface area (Å²) in [5, 5.41) is 33.7. The number of hydrogen-bond donors (Lipinski definition) is 4. The third-order valence-corrected chi connectivity index (χ3v) is 8.60. The molecule has 3 rings (SSSR count). The second-order valence-corrected chi connectivity index (χ2v) is 11.3. The number of carbonyl (C=O) groups is 2. The van der Waals surface area contributed by atoms with Crippen LogP contribution in [0.1, 0.15) is 60.3 Å². The number of aliphatic hydroxyl groups excluding tert-OH is 3. The van der Waals surface area contributed by atoms with Gasteiger partial charge in [0.1, 0.15) is 11.3 Å².